The van der Waals surface area contributed by atoms with Crippen LogP contribution in [0.4, 0.5) is 16.2 Å². The number of sulfone groups is 1. The number of carboxylic acids is 1. The van der Waals surface area contributed by atoms with E-state index in [0.717, 1.165) is 0 Å². The molecule has 10 nitrogen and oxygen atoms in total. The van der Waals surface area contributed by atoms with Crippen LogP contribution in [0.15, 0.2) is 78.0 Å². The standard InChI is InChI=1S/C22H20N4O6S/c23-22(30)26-17-5-3-14(4-6-17)21(29)25-16-7-9-18(10-8-16)33(31,32)19(12-20(27)28)15-2-1-11-24-13-15/h1-11,13,19H,12H2,(H,25,29)(H,27,28)(H3,23,26,30). The van der Waals surface area contributed by atoms with E-state index in [2.05, 4.69) is 15.6 Å². The minimum Gasteiger partial charge on any atom is -0.481 e. The molecule has 11 heteroatoms. The van der Waals surface area contributed by atoms with Crippen LogP contribution < -0.4 is 16.4 Å². The highest BCUT2D eigenvalue weighted by Crippen LogP contribution is 2.32. The first-order valence-electron chi connectivity index (χ1n) is 9.60. The highest BCUT2D eigenvalue weighted by atomic mass is 32.2. The fourth-order valence-corrected chi connectivity index (χ4v) is 4.78. The van der Waals surface area contributed by atoms with E-state index in [4.69, 9.17) is 5.73 Å². The van der Waals surface area contributed by atoms with E-state index in [1.807, 2.05) is 0 Å². The Morgan fingerprint density at radius 3 is 2.09 bits per heavy atom. The van der Waals surface area contributed by atoms with Crippen molar-refractivity contribution in [2.45, 2.75) is 16.6 Å². The number of carboxylic acid groups (broad SMARTS) is 1. The third kappa shape index (κ3) is 5.92. The molecule has 1 atom stereocenters. The van der Waals surface area contributed by atoms with Crippen LogP contribution in [-0.4, -0.2) is 36.4 Å². The molecule has 0 spiro atoms. The molecule has 0 aliphatic rings. The van der Waals surface area contributed by atoms with E-state index < -0.39 is 39.4 Å². The van der Waals surface area contributed by atoms with Gasteiger partial charge in [-0.15, -0.1) is 0 Å². The number of rotatable bonds is 8. The molecule has 170 valence electrons. The minimum atomic E-state index is -4.04. The first kappa shape index (κ1) is 23.4. The van der Waals surface area contributed by atoms with Gasteiger partial charge in [-0.3, -0.25) is 14.6 Å². The Kier molecular flexibility index (Phi) is 7.04. The molecule has 1 aromatic heterocycles. The average Bonchev–Trinajstić information content (AvgIpc) is 2.78. The fraction of sp³-hybridized carbons (Fsp3) is 0.0909. The molecule has 3 aromatic rings. The Bertz CT molecular complexity index is 1260. The maximum atomic E-state index is 13.1. The van der Waals surface area contributed by atoms with E-state index in [1.54, 1.807) is 0 Å². The molecule has 5 N–H and O–H groups in total. The van der Waals surface area contributed by atoms with Crippen molar-refractivity contribution in [3.05, 3.63) is 84.2 Å². The van der Waals surface area contributed by atoms with E-state index in [0.29, 0.717) is 16.9 Å². The number of hydrogen-bond acceptors (Lipinski definition) is 6. The Morgan fingerprint density at radius 1 is 0.939 bits per heavy atom. The largest absolute Gasteiger partial charge is 0.481 e. The number of aromatic nitrogens is 1. The van der Waals surface area contributed by atoms with Crippen LogP contribution in [0.1, 0.15) is 27.6 Å². The molecule has 3 amide bonds. The van der Waals surface area contributed by atoms with Crippen LogP contribution >= 0.6 is 0 Å². The highest BCUT2D eigenvalue weighted by Gasteiger charge is 2.31. The van der Waals surface area contributed by atoms with Crippen LogP contribution in [-0.2, 0) is 14.6 Å². The zero-order valence-electron chi connectivity index (χ0n) is 17.1. The van der Waals surface area contributed by atoms with Crippen LogP contribution in [0.25, 0.3) is 0 Å². The van der Waals surface area contributed by atoms with Crippen LogP contribution in [0.5, 0.6) is 0 Å². The summed E-state index contributed by atoms with van der Waals surface area (Å²) < 4.78 is 26.2. The first-order chi connectivity index (χ1) is 15.7. The molecule has 3 rings (SSSR count). The van der Waals surface area contributed by atoms with Crippen molar-refractivity contribution in [3.8, 4) is 0 Å². The summed E-state index contributed by atoms with van der Waals surface area (Å²) in [6.45, 7) is 0. The van der Waals surface area contributed by atoms with Gasteiger partial charge in [0.25, 0.3) is 5.91 Å². The summed E-state index contributed by atoms with van der Waals surface area (Å²) in [6, 6.07) is 13.7. The van der Waals surface area contributed by atoms with Gasteiger partial charge in [-0.05, 0) is 60.2 Å². The van der Waals surface area contributed by atoms with Gasteiger partial charge >= 0.3 is 12.0 Å². The minimum absolute atomic E-state index is 0.0857. The lowest BCUT2D eigenvalue weighted by molar-refractivity contribution is -0.137. The molecule has 2 aromatic carbocycles. The van der Waals surface area contributed by atoms with E-state index >= 15 is 0 Å². The second-order valence-electron chi connectivity index (χ2n) is 6.96. The van der Waals surface area contributed by atoms with E-state index in [1.165, 1.54) is 73.1 Å². The Morgan fingerprint density at radius 2 is 1.55 bits per heavy atom. The summed E-state index contributed by atoms with van der Waals surface area (Å²) >= 11 is 0. The quantitative estimate of drug-likeness (QED) is 0.394. The average molecular weight is 468 g/mol. The van der Waals surface area contributed by atoms with Gasteiger partial charge in [-0.2, -0.15) is 0 Å². The third-order valence-electron chi connectivity index (χ3n) is 4.65. The summed E-state index contributed by atoms with van der Waals surface area (Å²) in [5.74, 6) is -1.70. The second kappa shape index (κ2) is 9.92. The molecular weight excluding hydrogens is 448 g/mol. The predicted octanol–water partition coefficient (Wildman–Crippen LogP) is 2.81. The molecule has 0 saturated heterocycles. The van der Waals surface area contributed by atoms with Crippen LogP contribution in [0.2, 0.25) is 0 Å². The topological polar surface area (TPSA) is 169 Å². The number of benzene rings is 2. The van der Waals surface area contributed by atoms with Crippen LogP contribution in [0.3, 0.4) is 0 Å². The normalized spacial score (nSPS) is 11.9. The molecule has 0 radical (unpaired) electrons. The number of primary amides is 1. The summed E-state index contributed by atoms with van der Waals surface area (Å²) in [6.07, 6.45) is 2.17. The molecule has 1 heterocycles. The van der Waals surface area contributed by atoms with Crippen LogP contribution in [0, 0.1) is 0 Å². The van der Waals surface area contributed by atoms with E-state index in [9.17, 15) is 27.9 Å². The van der Waals surface area contributed by atoms with Gasteiger partial charge in [0, 0.05) is 29.3 Å². The third-order valence-corrected chi connectivity index (χ3v) is 6.76. The molecule has 0 bridgehead atoms. The predicted molar refractivity (Wildman–Crippen MR) is 120 cm³/mol. The van der Waals surface area contributed by atoms with Crippen molar-refractivity contribution >= 4 is 39.1 Å². The van der Waals surface area contributed by atoms with Gasteiger partial charge in [-0.1, -0.05) is 6.07 Å². The fourth-order valence-electron chi connectivity index (χ4n) is 3.07. The molecule has 0 fully saturated rings. The van der Waals surface area contributed by atoms with Gasteiger partial charge in [-0.25, -0.2) is 13.2 Å². The maximum absolute atomic E-state index is 13.1. The summed E-state index contributed by atoms with van der Waals surface area (Å²) in [7, 11) is -4.04. The molecule has 0 aliphatic carbocycles. The Hall–Kier alpha value is -4.25. The smallest absolute Gasteiger partial charge is 0.316 e. The van der Waals surface area contributed by atoms with Crippen molar-refractivity contribution < 1.29 is 27.9 Å². The summed E-state index contributed by atoms with van der Waals surface area (Å²) in [5, 5.41) is 12.9. The molecule has 0 aliphatic heterocycles. The van der Waals surface area contributed by atoms with Gasteiger partial charge < -0.3 is 21.5 Å². The molecule has 33 heavy (non-hydrogen) atoms. The lowest BCUT2D eigenvalue weighted by Gasteiger charge is -2.16. The SMILES string of the molecule is NC(=O)Nc1ccc(C(=O)Nc2ccc(S(=O)(=O)C(CC(=O)O)c3cccnc3)cc2)cc1. The number of carbonyl (C=O) groups is 3. The molecule has 1 unspecified atom stereocenters. The Labute approximate surface area is 189 Å². The first-order valence-corrected chi connectivity index (χ1v) is 11.1. The molecule has 0 saturated carbocycles. The number of nitrogens with two attached hydrogens (primary N) is 1. The van der Waals surface area contributed by atoms with Gasteiger partial charge in [0.2, 0.25) is 0 Å². The lowest BCUT2D eigenvalue weighted by Crippen LogP contribution is -2.19. The number of nitrogens with zero attached hydrogens (tertiary/aromatic N) is 1. The molecular formula is C22H20N4O6S. The number of nitrogens with one attached hydrogen (secondary N) is 2. The number of carbonyl (C=O) groups excluding carboxylic acids is 2. The second-order valence-corrected chi connectivity index (χ2v) is 9.09. The van der Waals surface area contributed by atoms with E-state index in [-0.39, 0.29) is 10.5 Å². The monoisotopic (exact) mass is 468 g/mol. The van der Waals surface area contributed by atoms with Crippen molar-refractivity contribution in [2.24, 2.45) is 5.73 Å². The van der Waals surface area contributed by atoms with Crippen molar-refractivity contribution in [1.82, 2.24) is 4.98 Å². The Balaban J connectivity index is 1.77. The number of anilines is 2. The zero-order valence-corrected chi connectivity index (χ0v) is 18.0. The zero-order chi connectivity index (χ0) is 24.0. The van der Waals surface area contributed by atoms with Crippen molar-refractivity contribution in [1.29, 1.82) is 0 Å². The van der Waals surface area contributed by atoms with Gasteiger partial charge in [0.05, 0.1) is 11.3 Å². The number of amides is 3. The number of pyridine rings is 1. The number of urea groups is 1. The van der Waals surface area contributed by atoms with Crippen molar-refractivity contribution in [2.75, 3.05) is 10.6 Å². The number of aliphatic carboxylic acids is 1. The highest BCUT2D eigenvalue weighted by molar-refractivity contribution is 7.91. The summed E-state index contributed by atoms with van der Waals surface area (Å²) in [5.41, 5.74) is 6.38. The lowest BCUT2D eigenvalue weighted by atomic mass is 10.1. The van der Waals surface area contributed by atoms with Gasteiger partial charge in [0.1, 0.15) is 5.25 Å². The maximum Gasteiger partial charge on any atom is 0.316 e. The number of hydrogen-bond donors (Lipinski definition) is 4. The van der Waals surface area contributed by atoms with Crippen molar-refractivity contribution in [3.63, 3.8) is 0 Å². The summed E-state index contributed by atoms with van der Waals surface area (Å²) in [4.78, 5) is 38.4. The van der Waals surface area contributed by atoms with Gasteiger partial charge in [0.15, 0.2) is 9.84 Å².